The minimum atomic E-state index is 0.613. The first-order valence-electron chi connectivity index (χ1n) is 7.91. The zero-order valence-corrected chi connectivity index (χ0v) is 13.9. The molecule has 0 amide bonds. The summed E-state index contributed by atoms with van der Waals surface area (Å²) < 4.78 is 8.20. The molecule has 0 radical (unpaired) electrons. The van der Waals surface area contributed by atoms with Gasteiger partial charge in [0.1, 0.15) is 18.2 Å². The number of nitriles is 1. The van der Waals surface area contributed by atoms with Gasteiger partial charge in [-0.05, 0) is 55.3 Å². The summed E-state index contributed by atoms with van der Waals surface area (Å²) in [5.41, 5.74) is 7.02. The Labute approximate surface area is 140 Å². The fraction of sp³-hybridized carbons (Fsp3) is 0.143. The van der Waals surface area contributed by atoms with Gasteiger partial charge in [0.2, 0.25) is 5.69 Å². The number of furan rings is 1. The van der Waals surface area contributed by atoms with Gasteiger partial charge >= 0.3 is 0 Å². The van der Waals surface area contributed by atoms with Gasteiger partial charge in [-0.15, -0.1) is 0 Å². The second-order valence-electron chi connectivity index (χ2n) is 6.19. The van der Waals surface area contributed by atoms with Crippen molar-refractivity contribution in [1.29, 1.82) is 5.26 Å². The number of pyridine rings is 1. The first-order chi connectivity index (χ1) is 11.6. The molecule has 0 fully saturated rings. The molecule has 0 saturated carbocycles. The molecule has 0 aliphatic heterocycles. The average molecular weight is 313 g/mol. The Morgan fingerprint density at radius 3 is 2.62 bits per heavy atom. The van der Waals surface area contributed by atoms with Crippen molar-refractivity contribution in [3.63, 3.8) is 0 Å². The Morgan fingerprint density at radius 2 is 1.88 bits per heavy atom. The molecule has 0 spiro atoms. The van der Waals surface area contributed by atoms with Gasteiger partial charge < -0.3 is 4.42 Å². The van der Waals surface area contributed by atoms with E-state index in [-0.39, 0.29) is 0 Å². The lowest BCUT2D eigenvalue weighted by molar-refractivity contribution is -0.660. The molecule has 0 bridgehead atoms. The highest BCUT2D eigenvalue weighted by Gasteiger charge is 2.21. The zero-order chi connectivity index (χ0) is 16.8. The van der Waals surface area contributed by atoms with Crippen LogP contribution in [0.3, 0.4) is 0 Å². The predicted octanol–water partition coefficient (Wildman–Crippen LogP) is 4.57. The van der Waals surface area contributed by atoms with Gasteiger partial charge in [0.05, 0.1) is 17.2 Å². The Morgan fingerprint density at radius 1 is 1.04 bits per heavy atom. The second-order valence-corrected chi connectivity index (χ2v) is 6.19. The number of fused-ring (bicyclic) bond motifs is 3. The minimum Gasteiger partial charge on any atom is -0.456 e. The molecule has 0 atom stereocenters. The topological polar surface area (TPSA) is 40.8 Å². The maximum atomic E-state index is 9.13. The molecule has 2 heterocycles. The van der Waals surface area contributed by atoms with E-state index in [9.17, 15) is 0 Å². The van der Waals surface area contributed by atoms with Crippen molar-refractivity contribution in [3.05, 3.63) is 65.4 Å². The smallest absolute Gasteiger partial charge is 0.213 e. The normalized spacial score (nSPS) is 11.1. The van der Waals surface area contributed by atoms with Gasteiger partial charge in [0.25, 0.3) is 0 Å². The van der Waals surface area contributed by atoms with E-state index in [1.807, 2.05) is 24.3 Å². The van der Waals surface area contributed by atoms with E-state index in [1.54, 1.807) is 0 Å². The number of hydrogen-bond acceptors (Lipinski definition) is 2. The summed E-state index contributed by atoms with van der Waals surface area (Å²) in [7, 11) is 2.05. The first kappa shape index (κ1) is 14.5. The van der Waals surface area contributed by atoms with Crippen LogP contribution in [0.2, 0.25) is 0 Å². The van der Waals surface area contributed by atoms with Gasteiger partial charge in [-0.3, -0.25) is 0 Å². The van der Waals surface area contributed by atoms with E-state index >= 15 is 0 Å². The number of hydrogen-bond donors (Lipinski definition) is 0. The Hall–Kier alpha value is -3.12. The van der Waals surface area contributed by atoms with Gasteiger partial charge in [0, 0.05) is 22.9 Å². The summed E-state index contributed by atoms with van der Waals surface area (Å²) in [6.07, 6.45) is 2.05. The highest BCUT2D eigenvalue weighted by atomic mass is 16.3. The molecule has 2 aromatic carbocycles. The molecule has 116 valence electrons. The molecule has 0 unspecified atom stereocenters. The molecule has 0 saturated heterocycles. The van der Waals surface area contributed by atoms with Crippen LogP contribution >= 0.6 is 0 Å². The Kier molecular flexibility index (Phi) is 3.14. The van der Waals surface area contributed by atoms with Crippen molar-refractivity contribution in [3.8, 4) is 17.3 Å². The highest BCUT2D eigenvalue weighted by molar-refractivity contribution is 6.13. The van der Waals surface area contributed by atoms with Crippen LogP contribution in [-0.4, -0.2) is 0 Å². The van der Waals surface area contributed by atoms with Crippen molar-refractivity contribution in [2.75, 3.05) is 0 Å². The van der Waals surface area contributed by atoms with E-state index in [2.05, 4.69) is 55.9 Å². The molecule has 4 aromatic rings. The Balaban J connectivity index is 2.21. The summed E-state index contributed by atoms with van der Waals surface area (Å²) in [6, 6.07) is 16.1. The Bertz CT molecular complexity index is 1150. The third-order valence-electron chi connectivity index (χ3n) is 4.72. The van der Waals surface area contributed by atoms with Crippen molar-refractivity contribution in [2.45, 2.75) is 13.8 Å². The monoisotopic (exact) mass is 313 g/mol. The third kappa shape index (κ3) is 2.00. The van der Waals surface area contributed by atoms with Crippen LogP contribution in [0.4, 0.5) is 0 Å². The zero-order valence-electron chi connectivity index (χ0n) is 13.9. The van der Waals surface area contributed by atoms with Crippen LogP contribution < -0.4 is 4.57 Å². The molecule has 24 heavy (non-hydrogen) atoms. The lowest BCUT2D eigenvalue weighted by Crippen LogP contribution is -2.30. The van der Waals surface area contributed by atoms with Crippen molar-refractivity contribution >= 4 is 21.9 Å². The SMILES string of the molecule is Cc1cc2oc3cc(C#N)ccc3c2c(-c2cccc[n+]2C)c1C. The van der Waals surface area contributed by atoms with Gasteiger partial charge in [-0.2, -0.15) is 5.26 Å². The van der Waals surface area contributed by atoms with E-state index in [1.165, 1.54) is 16.7 Å². The second kappa shape index (κ2) is 5.21. The van der Waals surface area contributed by atoms with Gasteiger partial charge in [-0.25, -0.2) is 4.57 Å². The maximum Gasteiger partial charge on any atom is 0.213 e. The standard InChI is InChI=1S/C21H17N2O/c1-13-10-19-21(16-8-7-15(12-22)11-18(16)24-19)20(14(13)2)17-6-4-5-9-23(17)3/h4-11H,1-3H3/q+1. The van der Waals surface area contributed by atoms with E-state index in [4.69, 9.17) is 9.68 Å². The lowest BCUT2D eigenvalue weighted by atomic mass is 9.94. The maximum absolute atomic E-state index is 9.13. The average Bonchev–Trinajstić information content (AvgIpc) is 2.93. The van der Waals surface area contributed by atoms with Gasteiger partial charge in [-0.1, -0.05) is 0 Å². The van der Waals surface area contributed by atoms with Crippen LogP contribution in [0.5, 0.6) is 0 Å². The molecular weight excluding hydrogens is 296 g/mol. The van der Waals surface area contributed by atoms with E-state index in [0.717, 1.165) is 27.6 Å². The summed E-state index contributed by atoms with van der Waals surface area (Å²) in [5.74, 6) is 0. The molecule has 2 aromatic heterocycles. The largest absolute Gasteiger partial charge is 0.456 e. The van der Waals surface area contributed by atoms with Crippen molar-refractivity contribution in [1.82, 2.24) is 0 Å². The van der Waals surface area contributed by atoms with Gasteiger partial charge in [0.15, 0.2) is 6.20 Å². The molecule has 3 heteroatoms. The van der Waals surface area contributed by atoms with Crippen LogP contribution in [-0.2, 0) is 7.05 Å². The predicted molar refractivity (Wildman–Crippen MR) is 94.5 cm³/mol. The van der Waals surface area contributed by atoms with Crippen LogP contribution in [0, 0.1) is 25.2 Å². The quantitative estimate of drug-likeness (QED) is 0.483. The molecule has 0 aliphatic rings. The third-order valence-corrected chi connectivity index (χ3v) is 4.72. The minimum absolute atomic E-state index is 0.613. The molecular formula is C21H17N2O+. The van der Waals surface area contributed by atoms with E-state index < -0.39 is 0 Å². The number of benzene rings is 2. The number of aromatic nitrogens is 1. The first-order valence-corrected chi connectivity index (χ1v) is 7.91. The number of nitrogens with zero attached hydrogens (tertiary/aromatic N) is 2. The molecule has 0 N–H and O–H groups in total. The van der Waals surface area contributed by atoms with Crippen LogP contribution in [0.15, 0.2) is 53.1 Å². The fourth-order valence-electron chi connectivity index (χ4n) is 3.34. The summed E-state index contributed by atoms with van der Waals surface area (Å²) >= 11 is 0. The molecule has 4 rings (SSSR count). The fourth-order valence-corrected chi connectivity index (χ4v) is 3.34. The summed E-state index contributed by atoms with van der Waals surface area (Å²) in [5, 5.41) is 11.3. The lowest BCUT2D eigenvalue weighted by Gasteiger charge is -2.09. The van der Waals surface area contributed by atoms with E-state index in [0.29, 0.717) is 5.56 Å². The summed E-state index contributed by atoms with van der Waals surface area (Å²) in [6.45, 7) is 4.26. The number of aryl methyl sites for hydroxylation is 2. The van der Waals surface area contributed by atoms with Crippen molar-refractivity contribution < 1.29 is 8.98 Å². The highest BCUT2D eigenvalue weighted by Crippen LogP contribution is 2.39. The number of rotatable bonds is 1. The molecule has 0 aliphatic carbocycles. The van der Waals surface area contributed by atoms with Crippen molar-refractivity contribution in [2.24, 2.45) is 7.05 Å². The van der Waals surface area contributed by atoms with Crippen LogP contribution in [0.1, 0.15) is 16.7 Å². The molecule has 3 nitrogen and oxygen atoms in total. The summed E-state index contributed by atoms with van der Waals surface area (Å²) in [4.78, 5) is 0. The van der Waals surface area contributed by atoms with Crippen LogP contribution in [0.25, 0.3) is 33.2 Å².